The highest BCUT2D eigenvalue weighted by atomic mass is 127. The van der Waals surface area contributed by atoms with Gasteiger partial charge in [0.2, 0.25) is 0 Å². The molecule has 0 spiro atoms. The van der Waals surface area contributed by atoms with Gasteiger partial charge in [0, 0.05) is 38.3 Å². The molecule has 0 saturated carbocycles. The Kier molecular flexibility index (Phi) is 9.43. The number of rotatable bonds is 3. The first kappa shape index (κ1) is 25.6. The lowest BCUT2D eigenvalue weighted by Gasteiger charge is -2.36. The van der Waals surface area contributed by atoms with Gasteiger partial charge >= 0.3 is 6.18 Å². The molecule has 0 aliphatic carbocycles. The number of alkyl halides is 3. The predicted octanol–water partition coefficient (Wildman–Crippen LogP) is 3.69. The van der Waals surface area contributed by atoms with Gasteiger partial charge < -0.3 is 19.5 Å². The van der Waals surface area contributed by atoms with E-state index in [-0.39, 0.29) is 36.4 Å². The van der Waals surface area contributed by atoms with Gasteiger partial charge in [0.05, 0.1) is 11.8 Å². The van der Waals surface area contributed by atoms with E-state index in [0.717, 1.165) is 12.1 Å². The molecule has 0 atom stereocenters. The number of aliphatic imine (C=N–C) groups is 1. The van der Waals surface area contributed by atoms with Crippen LogP contribution in [0.2, 0.25) is 0 Å². The van der Waals surface area contributed by atoms with Crippen LogP contribution in [0.25, 0.3) is 0 Å². The lowest BCUT2D eigenvalue weighted by molar-refractivity contribution is -0.137. The van der Waals surface area contributed by atoms with Crippen LogP contribution in [0.5, 0.6) is 0 Å². The number of hydrogen-bond donors (Lipinski definition) is 1. The van der Waals surface area contributed by atoms with Crippen molar-refractivity contribution in [2.45, 2.75) is 13.1 Å². The molecule has 2 aromatic rings. The first-order chi connectivity index (χ1) is 14.9. The maximum absolute atomic E-state index is 12.8. The van der Waals surface area contributed by atoms with Gasteiger partial charge in [-0.3, -0.25) is 4.79 Å². The summed E-state index contributed by atoms with van der Waals surface area (Å²) in [5.74, 6) is 6.37. The molecule has 1 aromatic heterocycles. The third kappa shape index (κ3) is 6.91. The lowest BCUT2D eigenvalue weighted by Crippen LogP contribution is -2.53. The maximum Gasteiger partial charge on any atom is 0.416 e. The number of amides is 1. The van der Waals surface area contributed by atoms with Crippen LogP contribution in [-0.2, 0) is 6.18 Å². The van der Waals surface area contributed by atoms with Crippen LogP contribution in [0.1, 0.15) is 28.6 Å². The van der Waals surface area contributed by atoms with Crippen LogP contribution in [0.3, 0.4) is 0 Å². The van der Waals surface area contributed by atoms with Crippen molar-refractivity contribution >= 4 is 35.8 Å². The number of carbonyl (C=O) groups is 1. The highest BCUT2D eigenvalue weighted by Gasteiger charge is 2.30. The quantitative estimate of drug-likeness (QED) is 0.270. The molecule has 10 heteroatoms. The van der Waals surface area contributed by atoms with Gasteiger partial charge in [-0.1, -0.05) is 17.9 Å². The molecule has 3 rings (SSSR count). The first-order valence-electron chi connectivity index (χ1n) is 9.90. The summed E-state index contributed by atoms with van der Waals surface area (Å²) in [5.41, 5.74) is -0.432. The fourth-order valence-electron chi connectivity index (χ4n) is 3.13. The van der Waals surface area contributed by atoms with Crippen LogP contribution in [0.4, 0.5) is 13.2 Å². The van der Waals surface area contributed by atoms with E-state index < -0.39 is 11.7 Å². The fraction of sp³-hybridized carbons (Fsp3) is 0.364. The third-order valence-electron chi connectivity index (χ3n) is 4.66. The van der Waals surface area contributed by atoms with Gasteiger partial charge in [0.25, 0.3) is 5.91 Å². The summed E-state index contributed by atoms with van der Waals surface area (Å²) in [6, 6.07) is 8.24. The molecule has 6 nitrogen and oxygen atoms in total. The van der Waals surface area contributed by atoms with Gasteiger partial charge in [-0.25, -0.2) is 4.99 Å². The smallest absolute Gasteiger partial charge is 0.416 e. The normalized spacial score (nSPS) is 14.3. The van der Waals surface area contributed by atoms with Crippen molar-refractivity contribution < 1.29 is 22.4 Å². The van der Waals surface area contributed by atoms with E-state index in [4.69, 9.17) is 4.42 Å². The van der Waals surface area contributed by atoms with Gasteiger partial charge in [-0.2, -0.15) is 13.2 Å². The molecule has 1 aliphatic rings. The van der Waals surface area contributed by atoms with Gasteiger partial charge in [-0.15, -0.1) is 24.0 Å². The van der Waals surface area contributed by atoms with E-state index in [1.165, 1.54) is 18.4 Å². The molecule has 0 unspecified atom stereocenters. The molecule has 1 saturated heterocycles. The molecule has 1 amide bonds. The number of benzene rings is 1. The zero-order valence-electron chi connectivity index (χ0n) is 17.5. The Morgan fingerprint density at radius 2 is 1.88 bits per heavy atom. The number of halogens is 4. The number of nitrogens with one attached hydrogen (secondary N) is 1. The van der Waals surface area contributed by atoms with Gasteiger partial charge in [-0.05, 0) is 37.3 Å². The zero-order valence-corrected chi connectivity index (χ0v) is 19.8. The summed E-state index contributed by atoms with van der Waals surface area (Å²) in [6.07, 6.45) is -2.92. The number of carbonyl (C=O) groups excluding carboxylic acids is 1. The van der Waals surface area contributed by atoms with Crippen LogP contribution < -0.4 is 5.32 Å². The largest absolute Gasteiger partial charge is 0.459 e. The molecular weight excluding hydrogens is 536 g/mol. The van der Waals surface area contributed by atoms with E-state index in [9.17, 15) is 18.0 Å². The zero-order chi connectivity index (χ0) is 22.3. The average molecular weight is 560 g/mol. The number of guanidine groups is 1. The Labute approximate surface area is 201 Å². The molecule has 1 aliphatic heterocycles. The second kappa shape index (κ2) is 11.8. The SMILES string of the molecule is CCNC(=NCC#Cc1cccc(C(F)(F)F)c1)N1CCN(C(=O)c2ccco2)CC1.I. The topological polar surface area (TPSA) is 61.1 Å². The Morgan fingerprint density at radius 3 is 2.50 bits per heavy atom. The second-order valence-electron chi connectivity index (χ2n) is 6.81. The van der Waals surface area contributed by atoms with Crippen molar-refractivity contribution in [3.8, 4) is 11.8 Å². The summed E-state index contributed by atoms with van der Waals surface area (Å²) < 4.78 is 43.6. The molecular formula is C22H24F3IN4O2. The monoisotopic (exact) mass is 560 g/mol. The van der Waals surface area contributed by atoms with E-state index in [0.29, 0.717) is 50.0 Å². The molecule has 2 heterocycles. The van der Waals surface area contributed by atoms with Crippen LogP contribution >= 0.6 is 24.0 Å². The van der Waals surface area contributed by atoms with Crippen LogP contribution in [-0.4, -0.2) is 60.9 Å². The highest BCUT2D eigenvalue weighted by molar-refractivity contribution is 14.0. The minimum Gasteiger partial charge on any atom is -0.459 e. The average Bonchev–Trinajstić information content (AvgIpc) is 3.30. The third-order valence-corrected chi connectivity index (χ3v) is 4.66. The molecule has 0 bridgehead atoms. The van der Waals surface area contributed by atoms with Crippen LogP contribution in [0.15, 0.2) is 52.1 Å². The number of furan rings is 1. The standard InChI is InChI=1S/C22H23F3N4O2.HI/c1-2-26-21(27-10-4-7-17-6-3-8-18(16-17)22(23,24)25)29-13-11-28(12-14-29)20(30)19-9-5-15-31-19;/h3,5-6,8-9,15-16H,2,10-14H2,1H3,(H,26,27);1H. The Hall–Kier alpha value is -2.68. The molecule has 0 radical (unpaired) electrons. The molecule has 1 fully saturated rings. The minimum absolute atomic E-state index is 0. The second-order valence-corrected chi connectivity index (χ2v) is 6.81. The van der Waals surface area contributed by atoms with E-state index >= 15 is 0 Å². The van der Waals surface area contributed by atoms with Gasteiger partial charge in [0.1, 0.15) is 6.54 Å². The van der Waals surface area contributed by atoms with Crippen molar-refractivity contribution in [1.29, 1.82) is 0 Å². The van der Waals surface area contributed by atoms with E-state index in [1.807, 2.05) is 11.8 Å². The van der Waals surface area contributed by atoms with Crippen molar-refractivity contribution in [1.82, 2.24) is 15.1 Å². The minimum atomic E-state index is -4.39. The van der Waals surface area contributed by atoms with Gasteiger partial charge in [0.15, 0.2) is 11.7 Å². The summed E-state index contributed by atoms with van der Waals surface area (Å²) >= 11 is 0. The van der Waals surface area contributed by atoms with Crippen LogP contribution in [0, 0.1) is 11.8 Å². The summed E-state index contributed by atoms with van der Waals surface area (Å²) in [6.45, 7) is 4.99. The molecule has 1 aromatic carbocycles. The molecule has 32 heavy (non-hydrogen) atoms. The Morgan fingerprint density at radius 1 is 1.16 bits per heavy atom. The summed E-state index contributed by atoms with van der Waals surface area (Å²) in [7, 11) is 0. The predicted molar refractivity (Wildman–Crippen MR) is 126 cm³/mol. The lowest BCUT2D eigenvalue weighted by atomic mass is 10.1. The number of nitrogens with zero attached hydrogens (tertiary/aromatic N) is 3. The Bertz CT molecular complexity index is 973. The molecule has 1 N–H and O–H groups in total. The van der Waals surface area contributed by atoms with Crippen molar-refractivity contribution in [3.63, 3.8) is 0 Å². The van der Waals surface area contributed by atoms with Crippen molar-refractivity contribution in [2.24, 2.45) is 4.99 Å². The summed E-state index contributed by atoms with van der Waals surface area (Å²) in [4.78, 5) is 20.6. The fourth-order valence-corrected chi connectivity index (χ4v) is 3.13. The Balaban J connectivity index is 0.00000363. The highest BCUT2D eigenvalue weighted by Crippen LogP contribution is 2.29. The van der Waals surface area contributed by atoms with Crippen molar-refractivity contribution in [3.05, 3.63) is 59.5 Å². The number of hydrogen-bond acceptors (Lipinski definition) is 3. The summed E-state index contributed by atoms with van der Waals surface area (Å²) in [5, 5.41) is 3.19. The molecule has 172 valence electrons. The van der Waals surface area contributed by atoms with E-state index in [2.05, 4.69) is 22.2 Å². The first-order valence-corrected chi connectivity index (χ1v) is 9.90. The maximum atomic E-state index is 12.8. The van der Waals surface area contributed by atoms with Crippen molar-refractivity contribution in [2.75, 3.05) is 39.3 Å². The number of piperazine rings is 1. The van der Waals surface area contributed by atoms with E-state index in [1.54, 1.807) is 17.0 Å².